The van der Waals surface area contributed by atoms with Crippen molar-refractivity contribution in [2.75, 3.05) is 33.5 Å². The van der Waals surface area contributed by atoms with Gasteiger partial charge in [0.05, 0.1) is 13.6 Å². The second-order valence-corrected chi connectivity index (χ2v) is 3.21. The second kappa shape index (κ2) is 2.27. The Morgan fingerprint density at radius 1 is 1.33 bits per heavy atom. The molecular formula is C7H17N2+. The molecule has 0 amide bonds. The molecule has 0 aromatic carbocycles. The molecule has 0 unspecified atom stereocenters. The maximum atomic E-state index is 2.46. The van der Waals surface area contributed by atoms with Crippen LogP contribution in [0.4, 0.5) is 0 Å². The molecule has 0 aromatic heterocycles. The van der Waals surface area contributed by atoms with E-state index < -0.39 is 0 Å². The van der Waals surface area contributed by atoms with Crippen molar-refractivity contribution in [1.29, 1.82) is 0 Å². The smallest absolute Gasteiger partial charge is 0.140 e. The third-order valence-electron chi connectivity index (χ3n) is 2.29. The van der Waals surface area contributed by atoms with Crippen LogP contribution >= 0.6 is 0 Å². The van der Waals surface area contributed by atoms with Crippen LogP contribution in [0.1, 0.15) is 13.8 Å². The predicted octanol–water partition coefficient (Wildman–Crippen LogP) is 0.703. The van der Waals surface area contributed by atoms with Gasteiger partial charge >= 0.3 is 0 Å². The van der Waals surface area contributed by atoms with E-state index >= 15 is 0 Å². The Labute approximate surface area is 57.7 Å². The molecule has 0 spiro atoms. The molecule has 0 radical (unpaired) electrons. The van der Waals surface area contributed by atoms with Gasteiger partial charge in [-0.15, -0.1) is 0 Å². The molecule has 1 rings (SSSR count). The van der Waals surface area contributed by atoms with Crippen molar-refractivity contribution in [3.05, 3.63) is 0 Å². The summed E-state index contributed by atoms with van der Waals surface area (Å²) in [5.74, 6) is 0. The highest BCUT2D eigenvalue weighted by atomic mass is 15.6. The lowest BCUT2D eigenvalue weighted by Gasteiger charge is -2.48. The normalized spacial score (nSPS) is 25.7. The summed E-state index contributed by atoms with van der Waals surface area (Å²) in [5, 5.41) is 0. The SMILES string of the molecule is CCN1C[N+](C)(CC)C1. The number of hydrogen-bond acceptors (Lipinski definition) is 1. The highest BCUT2D eigenvalue weighted by Gasteiger charge is 2.34. The van der Waals surface area contributed by atoms with Gasteiger partial charge in [0.1, 0.15) is 13.3 Å². The van der Waals surface area contributed by atoms with Crippen LogP contribution in [-0.4, -0.2) is 42.9 Å². The second-order valence-electron chi connectivity index (χ2n) is 3.21. The van der Waals surface area contributed by atoms with Gasteiger partial charge in [-0.1, -0.05) is 6.92 Å². The summed E-state index contributed by atoms with van der Waals surface area (Å²) in [7, 11) is 2.31. The first kappa shape index (κ1) is 7.03. The summed E-state index contributed by atoms with van der Waals surface area (Å²) in [6.07, 6.45) is 0. The van der Waals surface area contributed by atoms with Gasteiger partial charge in [-0.25, -0.2) is 4.90 Å². The number of rotatable bonds is 2. The fourth-order valence-corrected chi connectivity index (χ4v) is 1.32. The molecule has 0 aliphatic carbocycles. The molecule has 2 nitrogen and oxygen atoms in total. The van der Waals surface area contributed by atoms with Crippen molar-refractivity contribution in [2.24, 2.45) is 0 Å². The van der Waals surface area contributed by atoms with Gasteiger partial charge in [-0.3, -0.25) is 0 Å². The van der Waals surface area contributed by atoms with Crippen LogP contribution in [0.5, 0.6) is 0 Å². The summed E-state index contributed by atoms with van der Waals surface area (Å²) in [5.41, 5.74) is 0. The van der Waals surface area contributed by atoms with E-state index in [1.807, 2.05) is 0 Å². The van der Waals surface area contributed by atoms with Crippen LogP contribution in [-0.2, 0) is 0 Å². The van der Waals surface area contributed by atoms with Gasteiger partial charge in [0.25, 0.3) is 0 Å². The topological polar surface area (TPSA) is 3.24 Å². The average Bonchev–Trinajstić information content (AvgIpc) is 1.81. The van der Waals surface area contributed by atoms with E-state index in [2.05, 4.69) is 25.8 Å². The Balaban J connectivity index is 2.24. The lowest BCUT2D eigenvalue weighted by molar-refractivity contribution is -0.977. The van der Waals surface area contributed by atoms with Crippen LogP contribution in [0, 0.1) is 0 Å². The van der Waals surface area contributed by atoms with E-state index in [-0.39, 0.29) is 0 Å². The Kier molecular flexibility index (Phi) is 1.78. The zero-order chi connectivity index (χ0) is 6.91. The van der Waals surface area contributed by atoms with E-state index in [1.165, 1.54) is 30.9 Å². The van der Waals surface area contributed by atoms with E-state index in [9.17, 15) is 0 Å². The maximum absolute atomic E-state index is 2.46. The van der Waals surface area contributed by atoms with Crippen molar-refractivity contribution in [3.63, 3.8) is 0 Å². The fraction of sp³-hybridized carbons (Fsp3) is 1.00. The minimum absolute atomic E-state index is 1.22. The molecule has 2 heteroatoms. The van der Waals surface area contributed by atoms with E-state index in [4.69, 9.17) is 0 Å². The summed E-state index contributed by atoms with van der Waals surface area (Å²) in [4.78, 5) is 2.46. The molecule has 1 aliphatic rings. The summed E-state index contributed by atoms with van der Waals surface area (Å²) >= 11 is 0. The van der Waals surface area contributed by atoms with Crippen molar-refractivity contribution in [1.82, 2.24) is 4.90 Å². The Morgan fingerprint density at radius 3 is 2.22 bits per heavy atom. The van der Waals surface area contributed by atoms with Crippen LogP contribution in [0.15, 0.2) is 0 Å². The van der Waals surface area contributed by atoms with Crippen LogP contribution in [0.2, 0.25) is 0 Å². The number of hydrogen-bond donors (Lipinski definition) is 0. The quantitative estimate of drug-likeness (QED) is 0.496. The predicted molar refractivity (Wildman–Crippen MR) is 38.8 cm³/mol. The standard InChI is InChI=1S/C7H17N2/c1-4-8-6-9(3,5-2)7-8/h4-7H2,1-3H3/q+1. The van der Waals surface area contributed by atoms with Gasteiger partial charge in [0.15, 0.2) is 0 Å². The fourth-order valence-electron chi connectivity index (χ4n) is 1.32. The Morgan fingerprint density at radius 2 is 1.89 bits per heavy atom. The molecule has 0 saturated carbocycles. The maximum Gasteiger partial charge on any atom is 0.140 e. The first-order valence-corrected chi connectivity index (χ1v) is 3.76. The molecule has 1 fully saturated rings. The number of nitrogens with zero attached hydrogens (tertiary/aromatic N) is 2. The zero-order valence-corrected chi connectivity index (χ0v) is 6.72. The minimum atomic E-state index is 1.22. The van der Waals surface area contributed by atoms with Crippen molar-refractivity contribution >= 4 is 0 Å². The van der Waals surface area contributed by atoms with Crippen molar-refractivity contribution < 1.29 is 4.48 Å². The minimum Gasteiger partial charge on any atom is -0.301 e. The van der Waals surface area contributed by atoms with Gasteiger partial charge in [0, 0.05) is 6.54 Å². The molecule has 0 N–H and O–H groups in total. The third-order valence-corrected chi connectivity index (χ3v) is 2.29. The first-order valence-electron chi connectivity index (χ1n) is 3.76. The third kappa shape index (κ3) is 1.25. The molecule has 1 aliphatic heterocycles. The van der Waals surface area contributed by atoms with Gasteiger partial charge in [-0.05, 0) is 6.92 Å². The molecule has 1 saturated heterocycles. The van der Waals surface area contributed by atoms with Gasteiger partial charge < -0.3 is 4.48 Å². The average molecular weight is 129 g/mol. The monoisotopic (exact) mass is 129 g/mol. The summed E-state index contributed by atoms with van der Waals surface area (Å²) in [6.45, 7) is 9.48. The summed E-state index contributed by atoms with van der Waals surface area (Å²) < 4.78 is 1.24. The lowest BCUT2D eigenvalue weighted by Crippen LogP contribution is -2.66. The Hall–Kier alpha value is -0.0800. The molecular weight excluding hydrogens is 112 g/mol. The largest absolute Gasteiger partial charge is 0.301 e. The molecule has 9 heavy (non-hydrogen) atoms. The summed E-state index contributed by atoms with van der Waals surface area (Å²) in [6, 6.07) is 0. The van der Waals surface area contributed by atoms with Crippen LogP contribution in [0.25, 0.3) is 0 Å². The number of quaternary nitrogens is 1. The van der Waals surface area contributed by atoms with Crippen molar-refractivity contribution in [2.45, 2.75) is 13.8 Å². The Bertz CT molecular complexity index is 95.1. The molecule has 0 aromatic rings. The molecule has 1 heterocycles. The molecule has 0 bridgehead atoms. The van der Waals surface area contributed by atoms with Crippen molar-refractivity contribution in [3.8, 4) is 0 Å². The van der Waals surface area contributed by atoms with Gasteiger partial charge in [-0.2, -0.15) is 0 Å². The van der Waals surface area contributed by atoms with Crippen LogP contribution < -0.4 is 0 Å². The van der Waals surface area contributed by atoms with Crippen LogP contribution in [0.3, 0.4) is 0 Å². The van der Waals surface area contributed by atoms with E-state index in [0.29, 0.717) is 0 Å². The van der Waals surface area contributed by atoms with Gasteiger partial charge in [0.2, 0.25) is 0 Å². The molecule has 54 valence electrons. The van der Waals surface area contributed by atoms with E-state index in [0.717, 1.165) is 0 Å². The zero-order valence-electron chi connectivity index (χ0n) is 6.72. The van der Waals surface area contributed by atoms with E-state index in [1.54, 1.807) is 0 Å². The highest BCUT2D eigenvalue weighted by molar-refractivity contribution is 4.52. The highest BCUT2D eigenvalue weighted by Crippen LogP contribution is 2.15. The molecule has 0 atom stereocenters. The first-order chi connectivity index (χ1) is 4.20. The lowest BCUT2D eigenvalue weighted by atomic mass is 10.3.